The predicted molar refractivity (Wildman–Crippen MR) is 85.0 cm³/mol. The molecule has 1 atom stereocenters. The van der Waals surface area contributed by atoms with Crippen LogP contribution in [0, 0.1) is 17.5 Å². The van der Waals surface area contributed by atoms with Crippen LogP contribution in [0.5, 0.6) is 0 Å². The van der Waals surface area contributed by atoms with Gasteiger partial charge in [0.1, 0.15) is 17.5 Å². The number of benzene rings is 2. The SMILES string of the molecule is CC1C(=O)N(c2ccc(F)cc2F)CCN1Cc1ccccc1F. The third-order valence-electron chi connectivity index (χ3n) is 4.31. The minimum Gasteiger partial charge on any atom is -0.307 e. The number of nitrogens with zero attached hydrogens (tertiary/aromatic N) is 2. The van der Waals surface area contributed by atoms with Gasteiger partial charge in [-0.25, -0.2) is 13.2 Å². The summed E-state index contributed by atoms with van der Waals surface area (Å²) in [6, 6.07) is 9.05. The standard InChI is InChI=1S/C18H17F3N2O/c1-12-18(24)23(17-7-6-14(19)10-16(17)21)9-8-22(12)11-13-4-2-3-5-15(13)20/h2-7,10,12H,8-9,11H2,1H3. The first-order valence-corrected chi connectivity index (χ1v) is 7.71. The summed E-state index contributed by atoms with van der Waals surface area (Å²) in [6.45, 7) is 2.74. The molecule has 0 radical (unpaired) electrons. The summed E-state index contributed by atoms with van der Waals surface area (Å²) in [5.74, 6) is -2.06. The average Bonchev–Trinajstić information content (AvgIpc) is 2.55. The van der Waals surface area contributed by atoms with Gasteiger partial charge in [0.25, 0.3) is 0 Å². The summed E-state index contributed by atoms with van der Waals surface area (Å²) < 4.78 is 40.8. The van der Waals surface area contributed by atoms with Crippen molar-refractivity contribution in [1.29, 1.82) is 0 Å². The number of anilines is 1. The maximum absolute atomic E-state index is 13.9. The number of piperazine rings is 1. The molecule has 1 amide bonds. The van der Waals surface area contributed by atoms with Gasteiger partial charge in [0.2, 0.25) is 5.91 Å². The minimum atomic E-state index is -0.766. The highest BCUT2D eigenvalue weighted by atomic mass is 19.1. The zero-order chi connectivity index (χ0) is 17.3. The fourth-order valence-corrected chi connectivity index (χ4v) is 2.91. The van der Waals surface area contributed by atoms with Crippen LogP contribution in [-0.2, 0) is 11.3 Å². The van der Waals surface area contributed by atoms with Crippen molar-refractivity contribution in [3.05, 3.63) is 65.5 Å². The number of rotatable bonds is 3. The number of amides is 1. The number of hydrogen-bond donors (Lipinski definition) is 0. The van der Waals surface area contributed by atoms with Crippen LogP contribution in [-0.4, -0.2) is 29.9 Å². The fraction of sp³-hybridized carbons (Fsp3) is 0.278. The van der Waals surface area contributed by atoms with Crippen LogP contribution >= 0.6 is 0 Å². The molecule has 6 heteroatoms. The van der Waals surface area contributed by atoms with E-state index in [1.165, 1.54) is 17.0 Å². The molecule has 0 aromatic heterocycles. The van der Waals surface area contributed by atoms with Crippen molar-refractivity contribution < 1.29 is 18.0 Å². The molecular formula is C18H17F3N2O. The summed E-state index contributed by atoms with van der Waals surface area (Å²) in [6.07, 6.45) is 0. The monoisotopic (exact) mass is 334 g/mol. The van der Waals surface area contributed by atoms with Gasteiger partial charge in [-0.3, -0.25) is 9.69 Å². The van der Waals surface area contributed by atoms with Crippen LogP contribution in [0.2, 0.25) is 0 Å². The molecule has 0 bridgehead atoms. The van der Waals surface area contributed by atoms with E-state index >= 15 is 0 Å². The van der Waals surface area contributed by atoms with Crippen molar-refractivity contribution in [3.8, 4) is 0 Å². The Balaban J connectivity index is 1.77. The Hall–Kier alpha value is -2.34. The zero-order valence-electron chi connectivity index (χ0n) is 13.2. The van der Waals surface area contributed by atoms with Crippen LogP contribution in [0.4, 0.5) is 18.9 Å². The molecule has 24 heavy (non-hydrogen) atoms. The highest BCUT2D eigenvalue weighted by Crippen LogP contribution is 2.25. The normalized spacial score (nSPS) is 18.9. The van der Waals surface area contributed by atoms with Crippen LogP contribution in [0.15, 0.2) is 42.5 Å². The molecule has 0 spiro atoms. The lowest BCUT2D eigenvalue weighted by molar-refractivity contribution is -0.125. The summed E-state index contributed by atoms with van der Waals surface area (Å²) in [4.78, 5) is 15.7. The number of carbonyl (C=O) groups excluding carboxylic acids is 1. The van der Waals surface area contributed by atoms with Crippen LogP contribution in [0.25, 0.3) is 0 Å². The van der Waals surface area contributed by atoms with Crippen LogP contribution in [0.3, 0.4) is 0 Å². The minimum absolute atomic E-state index is 0.0683. The first-order valence-electron chi connectivity index (χ1n) is 7.71. The Morgan fingerprint density at radius 3 is 2.50 bits per heavy atom. The summed E-state index contributed by atoms with van der Waals surface area (Å²) in [5.41, 5.74) is 0.581. The summed E-state index contributed by atoms with van der Waals surface area (Å²) in [7, 11) is 0. The molecule has 0 aliphatic carbocycles. The van der Waals surface area contributed by atoms with Gasteiger partial charge in [0.15, 0.2) is 0 Å². The molecule has 1 heterocycles. The van der Waals surface area contributed by atoms with Crippen LogP contribution in [0.1, 0.15) is 12.5 Å². The lowest BCUT2D eigenvalue weighted by atomic mass is 10.1. The van der Waals surface area contributed by atoms with Gasteiger partial charge in [0.05, 0.1) is 11.7 Å². The number of hydrogen-bond acceptors (Lipinski definition) is 2. The molecule has 3 nitrogen and oxygen atoms in total. The maximum atomic E-state index is 13.9. The Morgan fingerprint density at radius 1 is 1.04 bits per heavy atom. The van der Waals surface area contributed by atoms with E-state index in [1.54, 1.807) is 25.1 Å². The lowest BCUT2D eigenvalue weighted by Gasteiger charge is -2.39. The molecule has 2 aromatic carbocycles. The molecule has 1 fully saturated rings. The second-order valence-corrected chi connectivity index (χ2v) is 5.82. The van der Waals surface area contributed by atoms with E-state index in [-0.39, 0.29) is 24.0 Å². The van der Waals surface area contributed by atoms with Crippen LogP contribution < -0.4 is 4.90 Å². The molecule has 0 saturated carbocycles. The molecular weight excluding hydrogens is 317 g/mol. The summed E-state index contributed by atoms with van der Waals surface area (Å²) >= 11 is 0. The van der Waals surface area contributed by atoms with E-state index in [4.69, 9.17) is 0 Å². The van der Waals surface area contributed by atoms with E-state index in [9.17, 15) is 18.0 Å². The van der Waals surface area contributed by atoms with Gasteiger partial charge < -0.3 is 4.90 Å². The molecule has 1 unspecified atom stereocenters. The second-order valence-electron chi connectivity index (χ2n) is 5.82. The molecule has 1 saturated heterocycles. The van der Waals surface area contributed by atoms with Crippen molar-refractivity contribution in [1.82, 2.24) is 4.90 Å². The van der Waals surface area contributed by atoms with Crippen molar-refractivity contribution in [2.45, 2.75) is 19.5 Å². The predicted octanol–water partition coefficient (Wildman–Crippen LogP) is 3.34. The smallest absolute Gasteiger partial charge is 0.244 e. The molecule has 0 N–H and O–H groups in total. The topological polar surface area (TPSA) is 23.6 Å². The highest BCUT2D eigenvalue weighted by molar-refractivity contribution is 5.97. The number of halogens is 3. The molecule has 3 rings (SSSR count). The largest absolute Gasteiger partial charge is 0.307 e. The van der Waals surface area contributed by atoms with Crippen molar-refractivity contribution in [2.75, 3.05) is 18.0 Å². The van der Waals surface area contributed by atoms with Crippen molar-refractivity contribution >= 4 is 11.6 Å². The van der Waals surface area contributed by atoms with E-state index in [0.29, 0.717) is 18.7 Å². The first kappa shape index (κ1) is 16.5. The Labute approximate surface area is 138 Å². The van der Waals surface area contributed by atoms with E-state index in [2.05, 4.69) is 0 Å². The van der Waals surface area contributed by atoms with Gasteiger partial charge in [-0.05, 0) is 25.1 Å². The van der Waals surface area contributed by atoms with Gasteiger partial charge in [-0.2, -0.15) is 0 Å². The second kappa shape index (κ2) is 6.65. The van der Waals surface area contributed by atoms with Gasteiger partial charge in [0, 0.05) is 31.3 Å². The Kier molecular flexibility index (Phi) is 4.57. The van der Waals surface area contributed by atoms with E-state index < -0.39 is 17.7 Å². The lowest BCUT2D eigenvalue weighted by Crippen LogP contribution is -2.55. The van der Waals surface area contributed by atoms with Crippen molar-refractivity contribution in [2.24, 2.45) is 0 Å². The highest BCUT2D eigenvalue weighted by Gasteiger charge is 2.33. The quantitative estimate of drug-likeness (QED) is 0.859. The van der Waals surface area contributed by atoms with Gasteiger partial charge in [-0.15, -0.1) is 0 Å². The fourth-order valence-electron chi connectivity index (χ4n) is 2.91. The first-order chi connectivity index (χ1) is 11.5. The molecule has 2 aromatic rings. The number of carbonyl (C=O) groups is 1. The average molecular weight is 334 g/mol. The molecule has 126 valence electrons. The third-order valence-corrected chi connectivity index (χ3v) is 4.31. The molecule has 1 aliphatic rings. The van der Waals surface area contributed by atoms with Gasteiger partial charge in [-0.1, -0.05) is 18.2 Å². The Morgan fingerprint density at radius 2 is 1.79 bits per heavy atom. The van der Waals surface area contributed by atoms with Gasteiger partial charge >= 0.3 is 0 Å². The molecule has 1 aliphatic heterocycles. The maximum Gasteiger partial charge on any atom is 0.244 e. The Bertz CT molecular complexity index is 766. The zero-order valence-corrected chi connectivity index (χ0v) is 13.2. The summed E-state index contributed by atoms with van der Waals surface area (Å²) in [5, 5.41) is 0. The van der Waals surface area contributed by atoms with Crippen molar-refractivity contribution in [3.63, 3.8) is 0 Å². The van der Waals surface area contributed by atoms with E-state index in [0.717, 1.165) is 12.1 Å². The van der Waals surface area contributed by atoms with E-state index in [1.807, 2.05) is 4.90 Å². The third kappa shape index (κ3) is 3.14.